The fourth-order valence-corrected chi connectivity index (χ4v) is 2.95. The van der Waals surface area contributed by atoms with Crippen molar-refractivity contribution in [3.8, 4) is 5.69 Å². The van der Waals surface area contributed by atoms with Crippen molar-refractivity contribution in [3.63, 3.8) is 0 Å². The maximum atomic E-state index is 12.8. The molecule has 0 saturated carbocycles. The molecule has 7 heteroatoms. The molecule has 2 amide bonds. The van der Waals surface area contributed by atoms with Crippen molar-refractivity contribution in [2.75, 3.05) is 11.9 Å². The van der Waals surface area contributed by atoms with Crippen LogP contribution in [0.15, 0.2) is 77.9 Å². The van der Waals surface area contributed by atoms with E-state index in [1.54, 1.807) is 24.3 Å². The Kier molecular flexibility index (Phi) is 5.83. The predicted molar refractivity (Wildman–Crippen MR) is 108 cm³/mol. The van der Waals surface area contributed by atoms with Crippen molar-refractivity contribution in [3.05, 3.63) is 89.0 Å². The van der Waals surface area contributed by atoms with E-state index >= 15 is 0 Å². The van der Waals surface area contributed by atoms with Crippen molar-refractivity contribution >= 4 is 33.6 Å². The van der Waals surface area contributed by atoms with Crippen molar-refractivity contribution in [2.24, 2.45) is 0 Å². The molecule has 1 heterocycles. The van der Waals surface area contributed by atoms with Gasteiger partial charge in [-0.05, 0) is 40.2 Å². The Morgan fingerprint density at radius 2 is 1.74 bits per heavy atom. The second kappa shape index (κ2) is 8.46. The first-order valence-electron chi connectivity index (χ1n) is 8.20. The minimum absolute atomic E-state index is 0.265. The molecule has 3 rings (SSSR count). The zero-order valence-corrected chi connectivity index (χ0v) is 15.9. The summed E-state index contributed by atoms with van der Waals surface area (Å²) in [7, 11) is 0. The largest absolute Gasteiger partial charge is 0.348 e. The summed E-state index contributed by atoms with van der Waals surface area (Å²) in [6.07, 6.45) is 3.01. The smallest absolute Gasteiger partial charge is 0.257 e. The highest BCUT2D eigenvalue weighted by atomic mass is 79.9. The summed E-state index contributed by atoms with van der Waals surface area (Å²) in [4.78, 5) is 25.3. The average molecular weight is 425 g/mol. The summed E-state index contributed by atoms with van der Waals surface area (Å²) in [6, 6.07) is 16.3. The number of anilines is 1. The third-order valence-electron chi connectivity index (χ3n) is 3.77. The van der Waals surface area contributed by atoms with Crippen molar-refractivity contribution in [2.45, 2.75) is 0 Å². The number of aromatic nitrogens is 2. The first-order chi connectivity index (χ1) is 13.1. The van der Waals surface area contributed by atoms with Crippen LogP contribution in [0.1, 0.15) is 20.7 Å². The van der Waals surface area contributed by atoms with Crippen LogP contribution in [0.3, 0.4) is 0 Å². The van der Waals surface area contributed by atoms with Gasteiger partial charge in [0, 0.05) is 11.0 Å². The van der Waals surface area contributed by atoms with E-state index in [-0.39, 0.29) is 17.4 Å². The Hall–Kier alpha value is -3.19. The van der Waals surface area contributed by atoms with Crippen LogP contribution < -0.4 is 10.6 Å². The molecular weight excluding hydrogens is 408 g/mol. The van der Waals surface area contributed by atoms with Gasteiger partial charge in [0.25, 0.3) is 11.8 Å². The van der Waals surface area contributed by atoms with Gasteiger partial charge < -0.3 is 10.6 Å². The molecule has 0 radical (unpaired) electrons. The molecule has 0 aliphatic rings. The summed E-state index contributed by atoms with van der Waals surface area (Å²) in [5, 5.41) is 9.81. The average Bonchev–Trinajstić information content (AvgIpc) is 3.10. The number of hydrogen-bond donors (Lipinski definition) is 2. The van der Waals surface area contributed by atoms with Gasteiger partial charge >= 0.3 is 0 Å². The summed E-state index contributed by atoms with van der Waals surface area (Å²) in [5.74, 6) is -0.402. The van der Waals surface area contributed by atoms with E-state index in [0.717, 1.165) is 5.69 Å². The molecule has 0 aliphatic carbocycles. The molecule has 2 N–H and O–H groups in total. The van der Waals surface area contributed by atoms with Crippen LogP contribution in [0.2, 0.25) is 0 Å². The van der Waals surface area contributed by atoms with E-state index in [9.17, 15) is 9.59 Å². The quantitative estimate of drug-likeness (QED) is 0.590. The van der Waals surface area contributed by atoms with Gasteiger partial charge in [-0.2, -0.15) is 5.10 Å². The van der Waals surface area contributed by atoms with Crippen LogP contribution in [0, 0.1) is 0 Å². The zero-order valence-electron chi connectivity index (χ0n) is 14.4. The lowest BCUT2D eigenvalue weighted by atomic mass is 10.2. The molecule has 0 spiro atoms. The van der Waals surface area contributed by atoms with Gasteiger partial charge in [-0.25, -0.2) is 4.68 Å². The maximum absolute atomic E-state index is 12.8. The minimum atomic E-state index is -0.349. The number of rotatable bonds is 6. The van der Waals surface area contributed by atoms with E-state index in [2.05, 4.69) is 38.2 Å². The van der Waals surface area contributed by atoms with Crippen LogP contribution in [0.5, 0.6) is 0 Å². The second-order valence-electron chi connectivity index (χ2n) is 5.59. The third-order valence-corrected chi connectivity index (χ3v) is 4.46. The van der Waals surface area contributed by atoms with Crippen LogP contribution in [0.4, 0.5) is 5.82 Å². The third kappa shape index (κ3) is 4.15. The van der Waals surface area contributed by atoms with Gasteiger partial charge in [-0.1, -0.05) is 36.4 Å². The van der Waals surface area contributed by atoms with E-state index < -0.39 is 0 Å². The number of hydrogen-bond acceptors (Lipinski definition) is 3. The fraction of sp³-hybridized carbons (Fsp3) is 0.0500. The van der Waals surface area contributed by atoms with Gasteiger partial charge in [0.1, 0.15) is 11.4 Å². The first-order valence-corrected chi connectivity index (χ1v) is 8.99. The van der Waals surface area contributed by atoms with Crippen LogP contribution >= 0.6 is 15.9 Å². The summed E-state index contributed by atoms with van der Waals surface area (Å²) in [5.41, 5.74) is 1.44. The highest BCUT2D eigenvalue weighted by Gasteiger charge is 2.21. The molecule has 6 nitrogen and oxygen atoms in total. The topological polar surface area (TPSA) is 76.0 Å². The van der Waals surface area contributed by atoms with Gasteiger partial charge in [0.15, 0.2) is 0 Å². The Bertz CT molecular complexity index is 983. The molecule has 136 valence electrons. The van der Waals surface area contributed by atoms with Gasteiger partial charge in [-0.15, -0.1) is 6.58 Å². The molecular formula is C20H17BrN4O2. The van der Waals surface area contributed by atoms with E-state index in [0.29, 0.717) is 22.4 Å². The van der Waals surface area contributed by atoms with E-state index in [4.69, 9.17) is 0 Å². The number of nitrogens with one attached hydrogen (secondary N) is 2. The van der Waals surface area contributed by atoms with Gasteiger partial charge in [0.2, 0.25) is 0 Å². The number of carbonyl (C=O) groups is 2. The highest BCUT2D eigenvalue weighted by molar-refractivity contribution is 9.10. The Morgan fingerprint density at radius 1 is 1.04 bits per heavy atom. The number of amides is 2. The zero-order chi connectivity index (χ0) is 19.2. The number of nitrogens with zero attached hydrogens (tertiary/aromatic N) is 2. The van der Waals surface area contributed by atoms with Crippen LogP contribution in [0.25, 0.3) is 5.69 Å². The van der Waals surface area contributed by atoms with Gasteiger partial charge in [-0.3, -0.25) is 9.59 Å². The van der Waals surface area contributed by atoms with Crippen molar-refractivity contribution in [1.82, 2.24) is 15.1 Å². The Labute approximate surface area is 165 Å². The summed E-state index contributed by atoms with van der Waals surface area (Å²) in [6.45, 7) is 3.90. The van der Waals surface area contributed by atoms with E-state index in [1.165, 1.54) is 10.9 Å². The minimum Gasteiger partial charge on any atom is -0.348 e. The molecule has 27 heavy (non-hydrogen) atoms. The van der Waals surface area contributed by atoms with Crippen molar-refractivity contribution in [1.29, 1.82) is 0 Å². The Morgan fingerprint density at radius 3 is 2.44 bits per heavy atom. The Balaban J connectivity index is 2.01. The molecule has 0 unspecified atom stereocenters. The molecule has 0 saturated heterocycles. The number of benzene rings is 2. The standard InChI is InChI=1S/C20H17BrN4O2/c1-2-12-22-19(26)16-13-23-25(14-8-4-3-5-9-14)18(16)24-20(27)15-10-6-7-11-17(15)21/h2-11,13H,1,12H2,(H,22,26)(H,24,27). The number of para-hydroxylation sites is 1. The lowest BCUT2D eigenvalue weighted by Gasteiger charge is -2.12. The molecule has 0 aliphatic heterocycles. The molecule has 0 fully saturated rings. The highest BCUT2D eigenvalue weighted by Crippen LogP contribution is 2.23. The molecule has 1 aromatic heterocycles. The lowest BCUT2D eigenvalue weighted by molar-refractivity contribution is 0.0959. The molecule has 3 aromatic rings. The number of carbonyl (C=O) groups excluding carboxylic acids is 2. The molecule has 0 bridgehead atoms. The fourth-order valence-electron chi connectivity index (χ4n) is 2.48. The normalized spacial score (nSPS) is 10.3. The summed E-state index contributed by atoms with van der Waals surface area (Å²) >= 11 is 3.37. The van der Waals surface area contributed by atoms with Crippen LogP contribution in [-0.2, 0) is 0 Å². The lowest BCUT2D eigenvalue weighted by Crippen LogP contribution is -2.25. The molecule has 2 aromatic carbocycles. The second-order valence-corrected chi connectivity index (χ2v) is 6.44. The first kappa shape index (κ1) is 18.6. The summed E-state index contributed by atoms with van der Waals surface area (Å²) < 4.78 is 2.18. The number of halogens is 1. The van der Waals surface area contributed by atoms with Crippen molar-refractivity contribution < 1.29 is 9.59 Å². The van der Waals surface area contributed by atoms with E-state index in [1.807, 2.05) is 36.4 Å². The SMILES string of the molecule is C=CCNC(=O)c1cnn(-c2ccccc2)c1NC(=O)c1ccccc1Br. The van der Waals surface area contributed by atoms with Crippen LogP contribution in [-0.4, -0.2) is 28.1 Å². The maximum Gasteiger partial charge on any atom is 0.257 e. The molecule has 0 atom stereocenters. The predicted octanol–water partition coefficient (Wildman–Crippen LogP) is 3.80. The van der Waals surface area contributed by atoms with Gasteiger partial charge in [0.05, 0.1) is 17.4 Å². The monoisotopic (exact) mass is 424 g/mol.